The number of carbonyl (C=O) groups is 1. The summed E-state index contributed by atoms with van der Waals surface area (Å²) in [7, 11) is -1.64. The van der Waals surface area contributed by atoms with Crippen molar-refractivity contribution in [3.8, 4) is 5.75 Å². The highest BCUT2D eigenvalue weighted by Crippen LogP contribution is 2.27. The summed E-state index contributed by atoms with van der Waals surface area (Å²) in [4.78, 5) is 14.7. The van der Waals surface area contributed by atoms with Crippen molar-refractivity contribution < 1.29 is 17.9 Å². The Labute approximate surface area is 162 Å². The number of carbonyl (C=O) groups excluding carboxylic acids is 1. The van der Waals surface area contributed by atoms with Crippen LogP contribution in [0.4, 0.5) is 0 Å². The number of rotatable bonds is 6. The molecule has 0 spiro atoms. The van der Waals surface area contributed by atoms with Gasteiger partial charge in [0, 0.05) is 19.6 Å². The van der Waals surface area contributed by atoms with Crippen molar-refractivity contribution in [1.29, 1.82) is 0 Å². The molecule has 27 heavy (non-hydrogen) atoms. The van der Waals surface area contributed by atoms with Crippen molar-refractivity contribution in [2.45, 2.75) is 44.6 Å². The molecular weight excluding hydrogens is 364 g/mol. The second-order valence-corrected chi connectivity index (χ2v) is 9.62. The van der Waals surface area contributed by atoms with Crippen LogP contribution in [0.1, 0.15) is 37.7 Å². The van der Waals surface area contributed by atoms with E-state index in [1.807, 2.05) is 17.0 Å². The highest BCUT2D eigenvalue weighted by Gasteiger charge is 2.39. The molecule has 0 N–H and O–H groups in total. The van der Waals surface area contributed by atoms with E-state index in [9.17, 15) is 13.2 Å². The zero-order chi connectivity index (χ0) is 19.4. The molecule has 3 rings (SSSR count). The van der Waals surface area contributed by atoms with Crippen LogP contribution >= 0.6 is 0 Å². The minimum Gasteiger partial charge on any atom is -0.497 e. The Morgan fingerprint density at radius 1 is 1.11 bits per heavy atom. The number of sulfonamides is 1. The van der Waals surface area contributed by atoms with E-state index >= 15 is 0 Å². The van der Waals surface area contributed by atoms with Crippen LogP contribution in [0, 0.1) is 5.92 Å². The molecule has 0 saturated carbocycles. The summed E-state index contributed by atoms with van der Waals surface area (Å²) in [6.45, 7) is 1.94. The zero-order valence-corrected chi connectivity index (χ0v) is 17.1. The first-order chi connectivity index (χ1) is 12.9. The molecule has 0 bridgehead atoms. The first kappa shape index (κ1) is 20.1. The Kier molecular flexibility index (Phi) is 6.42. The third-order valence-electron chi connectivity index (χ3n) is 5.84. The van der Waals surface area contributed by atoms with Gasteiger partial charge < -0.3 is 9.64 Å². The molecule has 1 atom stereocenters. The summed E-state index contributed by atoms with van der Waals surface area (Å²) in [5.41, 5.74) is 1.31. The van der Waals surface area contributed by atoms with Crippen LogP contribution in [-0.2, 0) is 21.2 Å². The van der Waals surface area contributed by atoms with Crippen LogP contribution in [0.5, 0.6) is 5.75 Å². The van der Waals surface area contributed by atoms with E-state index in [4.69, 9.17) is 4.74 Å². The van der Waals surface area contributed by atoms with Gasteiger partial charge in [0.1, 0.15) is 11.8 Å². The number of benzene rings is 1. The van der Waals surface area contributed by atoms with Gasteiger partial charge >= 0.3 is 0 Å². The quantitative estimate of drug-likeness (QED) is 0.742. The van der Waals surface area contributed by atoms with Gasteiger partial charge in [0.05, 0.1) is 13.4 Å². The first-order valence-electron chi connectivity index (χ1n) is 9.77. The van der Waals surface area contributed by atoms with Gasteiger partial charge in [-0.25, -0.2) is 8.42 Å². The lowest BCUT2D eigenvalue weighted by atomic mass is 9.90. The van der Waals surface area contributed by atoms with Crippen LogP contribution < -0.4 is 4.74 Å². The van der Waals surface area contributed by atoms with E-state index < -0.39 is 16.1 Å². The van der Waals surface area contributed by atoms with Crippen molar-refractivity contribution >= 4 is 15.9 Å². The maximum absolute atomic E-state index is 12.8. The maximum atomic E-state index is 12.8. The molecule has 2 aliphatic heterocycles. The van der Waals surface area contributed by atoms with Gasteiger partial charge in [-0.1, -0.05) is 12.1 Å². The number of hydrogen-bond acceptors (Lipinski definition) is 4. The predicted octanol–water partition coefficient (Wildman–Crippen LogP) is 2.29. The monoisotopic (exact) mass is 394 g/mol. The van der Waals surface area contributed by atoms with E-state index in [0.717, 1.165) is 50.9 Å². The van der Waals surface area contributed by atoms with Gasteiger partial charge in [-0.05, 0) is 62.1 Å². The molecule has 7 heteroatoms. The number of nitrogens with zero attached hydrogens (tertiary/aromatic N) is 2. The second kappa shape index (κ2) is 8.61. The first-order valence-corrected chi connectivity index (χ1v) is 11.6. The molecule has 150 valence electrons. The molecule has 6 nitrogen and oxygen atoms in total. The number of piperidine rings is 1. The molecular formula is C20H30N2O4S. The zero-order valence-electron chi connectivity index (χ0n) is 16.3. The Morgan fingerprint density at radius 3 is 2.37 bits per heavy atom. The largest absolute Gasteiger partial charge is 0.497 e. The lowest BCUT2D eigenvalue weighted by molar-refractivity contribution is -0.136. The predicted molar refractivity (Wildman–Crippen MR) is 105 cm³/mol. The number of hydrogen-bond donors (Lipinski definition) is 0. The van der Waals surface area contributed by atoms with E-state index in [-0.39, 0.29) is 5.91 Å². The highest BCUT2D eigenvalue weighted by atomic mass is 32.2. The van der Waals surface area contributed by atoms with E-state index in [1.165, 1.54) is 16.1 Å². The number of methoxy groups -OCH3 is 1. The van der Waals surface area contributed by atoms with Crippen LogP contribution in [0.15, 0.2) is 24.3 Å². The van der Waals surface area contributed by atoms with Gasteiger partial charge in [-0.2, -0.15) is 4.31 Å². The van der Waals surface area contributed by atoms with Crippen molar-refractivity contribution in [2.24, 2.45) is 5.92 Å². The van der Waals surface area contributed by atoms with Gasteiger partial charge in [0.25, 0.3) is 0 Å². The summed E-state index contributed by atoms with van der Waals surface area (Å²) < 4.78 is 30.4. The standard InChI is InChI=1S/C20H30N2O4S/c1-26-18-9-7-16(8-10-18)5-6-17-11-14-21(15-12-17)20(23)19-4-3-13-22(19)27(2,24)25/h7-10,17,19H,3-6,11-15H2,1-2H3. The van der Waals surface area contributed by atoms with Crippen molar-refractivity contribution in [1.82, 2.24) is 9.21 Å². The molecule has 2 heterocycles. The summed E-state index contributed by atoms with van der Waals surface area (Å²) in [6, 6.07) is 7.71. The summed E-state index contributed by atoms with van der Waals surface area (Å²) >= 11 is 0. The third kappa shape index (κ3) is 5.02. The van der Waals surface area contributed by atoms with E-state index in [2.05, 4.69) is 12.1 Å². The van der Waals surface area contributed by atoms with Crippen molar-refractivity contribution in [2.75, 3.05) is 33.0 Å². The topological polar surface area (TPSA) is 66.9 Å². The number of ether oxygens (including phenoxy) is 1. The smallest absolute Gasteiger partial charge is 0.241 e. The Morgan fingerprint density at radius 2 is 1.78 bits per heavy atom. The van der Waals surface area contributed by atoms with Crippen LogP contribution in [0.2, 0.25) is 0 Å². The summed E-state index contributed by atoms with van der Waals surface area (Å²) in [6.07, 6.45) is 6.75. The fraction of sp³-hybridized carbons (Fsp3) is 0.650. The van der Waals surface area contributed by atoms with Gasteiger partial charge in [-0.3, -0.25) is 4.79 Å². The van der Waals surface area contributed by atoms with Crippen LogP contribution in [0.3, 0.4) is 0 Å². The molecule has 2 aliphatic rings. The minimum absolute atomic E-state index is 0.00784. The SMILES string of the molecule is COc1ccc(CCC2CCN(C(=O)C3CCCN3S(C)(=O)=O)CC2)cc1. The highest BCUT2D eigenvalue weighted by molar-refractivity contribution is 7.88. The maximum Gasteiger partial charge on any atom is 0.241 e. The lowest BCUT2D eigenvalue weighted by Crippen LogP contribution is -2.49. The fourth-order valence-corrected chi connectivity index (χ4v) is 5.32. The summed E-state index contributed by atoms with van der Waals surface area (Å²) in [5, 5.41) is 0. The Hall–Kier alpha value is -1.60. The third-order valence-corrected chi connectivity index (χ3v) is 7.13. The minimum atomic E-state index is -3.31. The molecule has 1 aromatic rings. The average molecular weight is 395 g/mol. The molecule has 0 aromatic heterocycles. The average Bonchev–Trinajstić information content (AvgIpc) is 3.17. The van der Waals surface area contributed by atoms with Crippen LogP contribution in [0.25, 0.3) is 0 Å². The van der Waals surface area contributed by atoms with Gasteiger partial charge in [0.15, 0.2) is 0 Å². The lowest BCUT2D eigenvalue weighted by Gasteiger charge is -2.35. The Balaban J connectivity index is 1.47. The van der Waals surface area contributed by atoms with Gasteiger partial charge in [0.2, 0.25) is 15.9 Å². The summed E-state index contributed by atoms with van der Waals surface area (Å²) in [5.74, 6) is 1.48. The number of amides is 1. The van der Waals surface area contributed by atoms with Crippen molar-refractivity contribution in [3.63, 3.8) is 0 Å². The van der Waals surface area contributed by atoms with Crippen LogP contribution in [-0.4, -0.2) is 62.6 Å². The fourth-order valence-electron chi connectivity index (χ4n) is 4.20. The molecule has 2 fully saturated rings. The molecule has 1 unspecified atom stereocenters. The van der Waals surface area contributed by atoms with Gasteiger partial charge in [-0.15, -0.1) is 0 Å². The van der Waals surface area contributed by atoms with E-state index in [0.29, 0.717) is 18.9 Å². The Bertz CT molecular complexity index is 740. The molecule has 1 aromatic carbocycles. The molecule has 1 amide bonds. The second-order valence-electron chi connectivity index (χ2n) is 7.69. The number of aryl methyl sites for hydroxylation is 1. The normalized spacial score (nSPS) is 22.1. The van der Waals surface area contributed by atoms with E-state index in [1.54, 1.807) is 7.11 Å². The molecule has 2 saturated heterocycles. The molecule has 0 aliphatic carbocycles. The number of likely N-dealkylation sites (tertiary alicyclic amines) is 1. The molecule has 0 radical (unpaired) electrons. The van der Waals surface area contributed by atoms with Crippen molar-refractivity contribution in [3.05, 3.63) is 29.8 Å².